The van der Waals surface area contributed by atoms with Gasteiger partial charge in [-0.05, 0) is 41.1 Å². The van der Waals surface area contributed by atoms with Crippen LogP contribution < -0.4 is 11.1 Å². The van der Waals surface area contributed by atoms with Crippen LogP contribution >= 0.6 is 0 Å². The summed E-state index contributed by atoms with van der Waals surface area (Å²) in [7, 11) is 0. The fraction of sp³-hybridized carbons (Fsp3) is 0.767. The van der Waals surface area contributed by atoms with Gasteiger partial charge < -0.3 is 21.1 Å². The number of carbonyl (C=O) groups is 5. The summed E-state index contributed by atoms with van der Waals surface area (Å²) >= 11 is 0. The van der Waals surface area contributed by atoms with Crippen molar-refractivity contribution in [2.24, 2.45) is 46.2 Å². The molecule has 1 aliphatic heterocycles. The maximum Gasteiger partial charge on any atom is 0.246 e. The van der Waals surface area contributed by atoms with E-state index in [1.165, 1.54) is 0 Å². The molecule has 3 aliphatic rings. The molecule has 0 aromatic carbocycles. The smallest absolute Gasteiger partial charge is 0.246 e. The van der Waals surface area contributed by atoms with Gasteiger partial charge in [0, 0.05) is 38.3 Å². The Bertz CT molecular complexity index is 995. The van der Waals surface area contributed by atoms with Gasteiger partial charge in [0.05, 0.1) is 12.0 Å². The average Bonchev–Trinajstić information content (AvgIpc) is 3.14. The molecule has 0 bridgehead atoms. The molecular formula is C30H47N3O6. The van der Waals surface area contributed by atoms with E-state index in [1.54, 1.807) is 4.90 Å². The molecule has 1 heterocycles. The Balaban J connectivity index is 1.82. The van der Waals surface area contributed by atoms with Crippen molar-refractivity contribution in [2.45, 2.75) is 91.7 Å². The van der Waals surface area contributed by atoms with Crippen molar-refractivity contribution in [3.63, 3.8) is 0 Å². The zero-order chi connectivity index (χ0) is 29.3. The number of rotatable bonds is 14. The third-order valence-corrected chi connectivity index (χ3v) is 9.14. The van der Waals surface area contributed by atoms with E-state index in [0.717, 1.165) is 25.3 Å². The Hall–Kier alpha value is -2.55. The zero-order valence-corrected chi connectivity index (χ0v) is 24.2. The molecule has 0 spiro atoms. The summed E-state index contributed by atoms with van der Waals surface area (Å²) in [6.45, 7) is 13.8. The second-order valence-corrected chi connectivity index (χ2v) is 13.8. The van der Waals surface area contributed by atoms with Crippen LogP contribution in [0, 0.1) is 40.4 Å². The third-order valence-electron chi connectivity index (χ3n) is 9.14. The SMILES string of the molecule is C=CC(=O)NC[C@H](CC(=O)CC(C)(C)C)C(=O)N1CC2[C@@H](C1C(=O)CC(CC1CCC1)C(O)C(N)=O)C2(C)C. The summed E-state index contributed by atoms with van der Waals surface area (Å²) in [5.41, 5.74) is 5.06. The standard InChI is InChI=1S/C30H47N3O6/c1-7-23(36)32-15-19(12-20(34)14-29(2,3)4)28(39)33-16-21-24(30(21,5)6)25(33)22(35)13-18(26(37)27(31)38)11-17-9-8-10-17/h7,17-19,21,24-26,37H,1,8-16H2,2-6H3,(H2,31,38)(H,32,36)/t18?,19-,21?,24-,25?,26?/m0/s1. The summed E-state index contributed by atoms with van der Waals surface area (Å²) in [6, 6.07) is -0.697. The Morgan fingerprint density at radius 2 is 1.79 bits per heavy atom. The largest absolute Gasteiger partial charge is 0.383 e. The van der Waals surface area contributed by atoms with Gasteiger partial charge in [-0.3, -0.25) is 24.0 Å². The maximum absolute atomic E-state index is 13.9. The molecule has 3 fully saturated rings. The zero-order valence-electron chi connectivity index (χ0n) is 24.2. The van der Waals surface area contributed by atoms with Crippen molar-refractivity contribution in [3.05, 3.63) is 12.7 Å². The number of likely N-dealkylation sites (tertiary alicyclic amines) is 1. The van der Waals surface area contributed by atoms with Gasteiger partial charge in [-0.1, -0.05) is 60.5 Å². The number of primary amides is 1. The predicted molar refractivity (Wildman–Crippen MR) is 147 cm³/mol. The molecule has 4 N–H and O–H groups in total. The molecule has 0 radical (unpaired) electrons. The number of carbonyl (C=O) groups excluding carboxylic acids is 5. The third kappa shape index (κ3) is 7.35. The number of piperidine rings is 1. The second kappa shape index (κ2) is 11.9. The highest BCUT2D eigenvalue weighted by Gasteiger charge is 2.69. The number of hydrogen-bond donors (Lipinski definition) is 3. The lowest BCUT2D eigenvalue weighted by Crippen LogP contribution is -2.51. The van der Waals surface area contributed by atoms with E-state index >= 15 is 0 Å². The average molecular weight is 546 g/mol. The highest BCUT2D eigenvalue weighted by atomic mass is 16.3. The topological polar surface area (TPSA) is 147 Å². The Labute approximate surface area is 232 Å². The second-order valence-electron chi connectivity index (χ2n) is 13.8. The van der Waals surface area contributed by atoms with Gasteiger partial charge in [-0.15, -0.1) is 0 Å². The van der Waals surface area contributed by atoms with E-state index in [9.17, 15) is 29.1 Å². The van der Waals surface area contributed by atoms with Crippen LogP contribution in [0.4, 0.5) is 0 Å². The van der Waals surface area contributed by atoms with E-state index in [-0.39, 0.29) is 59.5 Å². The minimum absolute atomic E-state index is 0.0274. The molecule has 2 saturated carbocycles. The number of nitrogens with one attached hydrogen (secondary N) is 1. The van der Waals surface area contributed by atoms with Crippen LogP contribution in [0.2, 0.25) is 0 Å². The van der Waals surface area contributed by atoms with Gasteiger partial charge in [-0.2, -0.15) is 0 Å². The molecule has 9 heteroatoms. The van der Waals surface area contributed by atoms with Crippen molar-refractivity contribution in [3.8, 4) is 0 Å². The van der Waals surface area contributed by atoms with Crippen molar-refractivity contribution < 1.29 is 29.1 Å². The first-order chi connectivity index (χ1) is 18.1. The molecule has 0 aromatic heterocycles. The van der Waals surface area contributed by atoms with E-state index in [0.29, 0.717) is 25.3 Å². The number of amides is 3. The number of nitrogens with zero attached hydrogens (tertiary/aromatic N) is 1. The van der Waals surface area contributed by atoms with Crippen LogP contribution in [0.1, 0.15) is 79.6 Å². The van der Waals surface area contributed by atoms with E-state index in [1.807, 2.05) is 20.8 Å². The van der Waals surface area contributed by atoms with E-state index in [4.69, 9.17) is 5.73 Å². The number of hydrogen-bond acceptors (Lipinski definition) is 6. The van der Waals surface area contributed by atoms with E-state index < -0.39 is 35.8 Å². The summed E-state index contributed by atoms with van der Waals surface area (Å²) in [5, 5.41) is 13.2. The number of fused-ring (bicyclic) bond motifs is 1. The monoisotopic (exact) mass is 545 g/mol. The van der Waals surface area contributed by atoms with Gasteiger partial charge in [0.25, 0.3) is 0 Å². The molecule has 4 unspecified atom stereocenters. The first-order valence-electron chi connectivity index (χ1n) is 14.3. The summed E-state index contributed by atoms with van der Waals surface area (Å²) < 4.78 is 0. The first-order valence-corrected chi connectivity index (χ1v) is 14.3. The highest BCUT2D eigenvalue weighted by Crippen LogP contribution is 2.65. The van der Waals surface area contributed by atoms with Crippen LogP contribution in [-0.2, 0) is 24.0 Å². The van der Waals surface area contributed by atoms with Crippen molar-refractivity contribution in [1.29, 1.82) is 0 Å². The number of nitrogens with two attached hydrogens (primary N) is 1. The summed E-state index contributed by atoms with van der Waals surface area (Å²) in [5.74, 6) is -2.78. The van der Waals surface area contributed by atoms with E-state index in [2.05, 4.69) is 25.7 Å². The molecule has 2 aliphatic carbocycles. The number of ketones is 2. The minimum atomic E-state index is -1.42. The van der Waals surface area contributed by atoms with Crippen LogP contribution in [0.5, 0.6) is 0 Å². The van der Waals surface area contributed by atoms with Crippen molar-refractivity contribution in [1.82, 2.24) is 10.2 Å². The van der Waals surface area contributed by atoms with Crippen LogP contribution in [0.3, 0.4) is 0 Å². The van der Waals surface area contributed by atoms with Crippen molar-refractivity contribution >= 4 is 29.3 Å². The van der Waals surface area contributed by atoms with Gasteiger partial charge in [0.1, 0.15) is 11.9 Å². The quantitative estimate of drug-likeness (QED) is 0.286. The molecule has 218 valence electrons. The molecule has 3 amide bonds. The minimum Gasteiger partial charge on any atom is -0.383 e. The molecule has 3 rings (SSSR count). The summed E-state index contributed by atoms with van der Waals surface area (Å²) in [4.78, 5) is 66.0. The summed E-state index contributed by atoms with van der Waals surface area (Å²) in [6.07, 6.45) is 3.57. The lowest BCUT2D eigenvalue weighted by atomic mass is 9.75. The lowest BCUT2D eigenvalue weighted by molar-refractivity contribution is -0.145. The van der Waals surface area contributed by atoms with Gasteiger partial charge in [0.15, 0.2) is 5.78 Å². The number of aliphatic hydroxyl groups is 1. The molecule has 0 aromatic rings. The fourth-order valence-corrected chi connectivity index (χ4v) is 6.69. The van der Waals surface area contributed by atoms with Gasteiger partial charge >= 0.3 is 0 Å². The predicted octanol–water partition coefficient (Wildman–Crippen LogP) is 2.39. The Morgan fingerprint density at radius 1 is 1.15 bits per heavy atom. The normalized spacial score (nSPS) is 26.0. The van der Waals surface area contributed by atoms with Crippen molar-refractivity contribution in [2.75, 3.05) is 13.1 Å². The van der Waals surface area contributed by atoms with Gasteiger partial charge in [-0.25, -0.2) is 0 Å². The number of aliphatic hydroxyl groups excluding tert-OH is 1. The lowest BCUT2D eigenvalue weighted by Gasteiger charge is -2.35. The Morgan fingerprint density at radius 3 is 2.31 bits per heavy atom. The van der Waals surface area contributed by atoms with Crippen LogP contribution in [-0.4, -0.2) is 64.5 Å². The van der Waals surface area contributed by atoms with Gasteiger partial charge in [0.2, 0.25) is 17.7 Å². The molecule has 6 atom stereocenters. The van der Waals surface area contributed by atoms with Crippen LogP contribution in [0.15, 0.2) is 12.7 Å². The Kier molecular flexibility index (Phi) is 9.46. The number of Topliss-reactive ketones (excluding diaryl/α,β-unsaturated/α-hetero) is 2. The fourth-order valence-electron chi connectivity index (χ4n) is 6.69. The maximum atomic E-state index is 13.9. The highest BCUT2D eigenvalue weighted by molar-refractivity contribution is 5.94. The molecule has 9 nitrogen and oxygen atoms in total. The molecule has 39 heavy (non-hydrogen) atoms. The molecular weight excluding hydrogens is 498 g/mol. The molecule has 1 saturated heterocycles. The van der Waals surface area contributed by atoms with Crippen LogP contribution in [0.25, 0.3) is 0 Å². The first kappa shape index (κ1) is 31.0.